The molecule has 1 amide bonds. The van der Waals surface area contributed by atoms with Crippen LogP contribution in [0.25, 0.3) is 0 Å². The molecular weight excluding hydrogens is 294 g/mol. The molecule has 0 aliphatic rings. The number of rotatable bonds is 5. The van der Waals surface area contributed by atoms with Crippen LogP contribution in [0.4, 0.5) is 17.6 Å². The van der Waals surface area contributed by atoms with Gasteiger partial charge in [0.05, 0.1) is 5.56 Å². The molecule has 21 heavy (non-hydrogen) atoms. The van der Waals surface area contributed by atoms with E-state index in [2.05, 4.69) is 0 Å². The first-order valence-electron chi connectivity index (χ1n) is 6.07. The second kappa shape index (κ2) is 6.55. The molecule has 116 valence electrons. The summed E-state index contributed by atoms with van der Waals surface area (Å²) >= 11 is 0. The first-order valence-corrected chi connectivity index (χ1v) is 6.07. The van der Waals surface area contributed by atoms with Crippen molar-refractivity contribution in [3.05, 3.63) is 34.9 Å². The van der Waals surface area contributed by atoms with Crippen LogP contribution in [0.1, 0.15) is 30.6 Å². The molecule has 0 saturated heterocycles. The Bertz CT molecular complexity index is 577. The number of carboxylic acids is 1. The molecule has 1 aromatic rings. The maximum Gasteiger partial charge on any atom is 0.326 e. The fourth-order valence-electron chi connectivity index (χ4n) is 1.64. The Balaban J connectivity index is 3.12. The summed E-state index contributed by atoms with van der Waals surface area (Å²) in [5.74, 6) is -11.0. The number of benzene rings is 1. The molecule has 4 nitrogen and oxygen atoms in total. The molecule has 0 aliphatic carbocycles. The molecule has 8 heteroatoms. The minimum Gasteiger partial charge on any atom is -0.480 e. The van der Waals surface area contributed by atoms with Crippen molar-refractivity contribution in [3.8, 4) is 0 Å². The average molecular weight is 307 g/mol. The number of carbonyl (C=O) groups excluding carboxylic acids is 1. The lowest BCUT2D eigenvalue weighted by atomic mass is 9.99. The quantitative estimate of drug-likeness (QED) is 0.499. The number of halogens is 4. The minimum atomic E-state index is -2.13. The van der Waals surface area contributed by atoms with Crippen LogP contribution in [0.15, 0.2) is 6.07 Å². The second-order valence-corrected chi connectivity index (χ2v) is 4.52. The van der Waals surface area contributed by atoms with Crippen molar-refractivity contribution in [2.24, 2.45) is 5.92 Å². The summed E-state index contributed by atoms with van der Waals surface area (Å²) in [6.07, 6.45) is 0.395. The van der Waals surface area contributed by atoms with Crippen molar-refractivity contribution in [3.63, 3.8) is 0 Å². The lowest BCUT2D eigenvalue weighted by Crippen LogP contribution is -2.45. The maximum atomic E-state index is 13.4. The molecule has 0 aromatic heterocycles. The van der Waals surface area contributed by atoms with Crippen LogP contribution in [0, 0.1) is 29.2 Å². The van der Waals surface area contributed by atoms with Gasteiger partial charge in [0.25, 0.3) is 5.91 Å². The predicted octanol–water partition coefficient (Wildman–Crippen LogP) is 2.47. The third-order valence-electron chi connectivity index (χ3n) is 3.11. The lowest BCUT2D eigenvalue weighted by molar-refractivity contribution is -0.140. The molecule has 0 saturated carbocycles. The third kappa shape index (κ3) is 3.50. The molecule has 2 N–H and O–H groups in total. The molecule has 0 fully saturated rings. The summed E-state index contributed by atoms with van der Waals surface area (Å²) in [7, 11) is 0. The number of hydrogen-bond donors (Lipinski definition) is 2. The molecule has 1 rings (SSSR count). The summed E-state index contributed by atoms with van der Waals surface area (Å²) in [4.78, 5) is 22.8. The highest BCUT2D eigenvalue weighted by molar-refractivity contribution is 5.96. The smallest absolute Gasteiger partial charge is 0.326 e. The van der Waals surface area contributed by atoms with E-state index < -0.39 is 52.7 Å². The summed E-state index contributed by atoms with van der Waals surface area (Å²) in [5.41, 5.74) is -1.10. The number of aliphatic carboxylic acids is 1. The molecule has 0 heterocycles. The van der Waals surface area contributed by atoms with E-state index in [0.29, 0.717) is 6.42 Å². The van der Waals surface area contributed by atoms with Crippen LogP contribution in [0.2, 0.25) is 0 Å². The van der Waals surface area contributed by atoms with Gasteiger partial charge in [-0.3, -0.25) is 4.79 Å². The van der Waals surface area contributed by atoms with Gasteiger partial charge < -0.3 is 10.4 Å². The van der Waals surface area contributed by atoms with Crippen molar-refractivity contribution in [1.29, 1.82) is 0 Å². The number of carbonyl (C=O) groups is 2. The number of nitrogens with one attached hydrogen (secondary N) is 1. The zero-order valence-electron chi connectivity index (χ0n) is 11.2. The SMILES string of the molecule is CC[C@H](C)[C@H](NC(=O)c1cc(F)c(F)c(F)c1F)C(=O)O. The van der Waals surface area contributed by atoms with Gasteiger partial charge in [-0.25, -0.2) is 22.4 Å². The normalized spacial score (nSPS) is 13.6. The molecule has 2 atom stereocenters. The van der Waals surface area contributed by atoms with Gasteiger partial charge in [0.2, 0.25) is 0 Å². The van der Waals surface area contributed by atoms with Gasteiger partial charge >= 0.3 is 5.97 Å². The van der Waals surface area contributed by atoms with E-state index in [1.807, 2.05) is 5.32 Å². The van der Waals surface area contributed by atoms with Crippen LogP contribution >= 0.6 is 0 Å². The van der Waals surface area contributed by atoms with Crippen LogP contribution in [-0.2, 0) is 4.79 Å². The Hall–Kier alpha value is -2.12. The van der Waals surface area contributed by atoms with Gasteiger partial charge in [-0.1, -0.05) is 20.3 Å². The van der Waals surface area contributed by atoms with E-state index in [4.69, 9.17) is 5.11 Å². The largest absolute Gasteiger partial charge is 0.480 e. The Morgan fingerprint density at radius 2 is 1.76 bits per heavy atom. The fourth-order valence-corrected chi connectivity index (χ4v) is 1.64. The van der Waals surface area contributed by atoms with Crippen molar-refractivity contribution < 1.29 is 32.3 Å². The van der Waals surface area contributed by atoms with Gasteiger partial charge in [-0.2, -0.15) is 0 Å². The Morgan fingerprint density at radius 1 is 1.19 bits per heavy atom. The molecule has 0 spiro atoms. The van der Waals surface area contributed by atoms with Gasteiger partial charge in [-0.15, -0.1) is 0 Å². The first-order chi connectivity index (χ1) is 9.70. The van der Waals surface area contributed by atoms with Crippen molar-refractivity contribution in [2.45, 2.75) is 26.3 Å². The van der Waals surface area contributed by atoms with E-state index in [9.17, 15) is 27.2 Å². The predicted molar refractivity (Wildman–Crippen MR) is 64.6 cm³/mol. The van der Waals surface area contributed by atoms with E-state index in [-0.39, 0.29) is 6.07 Å². The number of carboxylic acid groups (broad SMARTS) is 1. The fraction of sp³-hybridized carbons (Fsp3) is 0.385. The Labute approximate surface area is 117 Å². The molecule has 0 radical (unpaired) electrons. The van der Waals surface area contributed by atoms with Crippen LogP contribution < -0.4 is 5.32 Å². The summed E-state index contributed by atoms with van der Waals surface area (Å²) in [5, 5.41) is 10.9. The number of hydrogen-bond acceptors (Lipinski definition) is 2. The standard InChI is InChI=1S/C13H13F4NO3/c1-3-5(2)11(13(20)21)18-12(19)6-4-7(14)9(16)10(17)8(6)15/h4-5,11H,3H2,1-2H3,(H,18,19)(H,20,21)/t5-,11-/m0/s1. The van der Waals surface area contributed by atoms with E-state index in [0.717, 1.165) is 0 Å². The first kappa shape index (κ1) is 16.9. The molecular formula is C13H13F4NO3. The molecule has 1 aromatic carbocycles. The molecule has 0 aliphatic heterocycles. The van der Waals surface area contributed by atoms with E-state index in [1.54, 1.807) is 6.92 Å². The van der Waals surface area contributed by atoms with Gasteiger partial charge in [-0.05, 0) is 12.0 Å². The lowest BCUT2D eigenvalue weighted by Gasteiger charge is -2.20. The van der Waals surface area contributed by atoms with Crippen LogP contribution in [0.5, 0.6) is 0 Å². The highest BCUT2D eigenvalue weighted by Gasteiger charge is 2.29. The Morgan fingerprint density at radius 3 is 2.24 bits per heavy atom. The highest BCUT2D eigenvalue weighted by Crippen LogP contribution is 2.19. The second-order valence-electron chi connectivity index (χ2n) is 4.52. The summed E-state index contributed by atoms with van der Waals surface area (Å²) in [6, 6.07) is -1.18. The minimum absolute atomic E-state index is 0.179. The van der Waals surface area contributed by atoms with Gasteiger partial charge in [0.15, 0.2) is 23.3 Å². The van der Waals surface area contributed by atoms with Crippen LogP contribution in [0.3, 0.4) is 0 Å². The van der Waals surface area contributed by atoms with Gasteiger partial charge in [0, 0.05) is 0 Å². The molecule has 0 unspecified atom stereocenters. The summed E-state index contributed by atoms with van der Waals surface area (Å²) < 4.78 is 52.3. The average Bonchev–Trinajstić information content (AvgIpc) is 2.44. The topological polar surface area (TPSA) is 66.4 Å². The highest BCUT2D eigenvalue weighted by atomic mass is 19.2. The zero-order valence-corrected chi connectivity index (χ0v) is 11.2. The number of amides is 1. The maximum absolute atomic E-state index is 13.4. The van der Waals surface area contributed by atoms with Crippen LogP contribution in [-0.4, -0.2) is 23.0 Å². The van der Waals surface area contributed by atoms with E-state index >= 15 is 0 Å². The molecule has 0 bridgehead atoms. The Kier molecular flexibility index (Phi) is 5.28. The van der Waals surface area contributed by atoms with Crippen molar-refractivity contribution in [1.82, 2.24) is 5.32 Å². The summed E-state index contributed by atoms with van der Waals surface area (Å²) in [6.45, 7) is 3.20. The van der Waals surface area contributed by atoms with Crippen molar-refractivity contribution in [2.75, 3.05) is 0 Å². The van der Waals surface area contributed by atoms with Gasteiger partial charge in [0.1, 0.15) is 6.04 Å². The monoisotopic (exact) mass is 307 g/mol. The van der Waals surface area contributed by atoms with E-state index in [1.165, 1.54) is 6.92 Å². The van der Waals surface area contributed by atoms with Crippen molar-refractivity contribution >= 4 is 11.9 Å². The zero-order chi connectivity index (χ0) is 16.3. The third-order valence-corrected chi connectivity index (χ3v) is 3.11.